The molecule has 4 aromatic rings. The van der Waals surface area contributed by atoms with Crippen molar-refractivity contribution in [2.24, 2.45) is 0 Å². The predicted molar refractivity (Wildman–Crippen MR) is 124 cm³/mol. The van der Waals surface area contributed by atoms with Gasteiger partial charge in [0.25, 0.3) is 5.95 Å². The largest absolute Gasteiger partial charge is 0.489 e. The summed E-state index contributed by atoms with van der Waals surface area (Å²) in [4.78, 5) is 17.3. The fourth-order valence-electron chi connectivity index (χ4n) is 4.15. The molecule has 170 valence electrons. The quantitative estimate of drug-likeness (QED) is 0.437. The summed E-state index contributed by atoms with van der Waals surface area (Å²) < 4.78 is 20.7. The SMILES string of the molecule is C=CCOc1ccccc1[C@@H]1CC(=O)Nc2c1c(C)nn2-c1nncc(-c2ccc(F)cc2)n1. The molecule has 1 atom stereocenters. The van der Waals surface area contributed by atoms with E-state index in [0.717, 1.165) is 16.8 Å². The molecule has 0 bridgehead atoms. The molecule has 1 N–H and O–H groups in total. The van der Waals surface area contributed by atoms with E-state index in [-0.39, 0.29) is 30.0 Å². The molecule has 0 aliphatic carbocycles. The molecular weight excluding hydrogens is 435 g/mol. The maximum absolute atomic E-state index is 13.3. The van der Waals surface area contributed by atoms with Crippen molar-refractivity contribution in [3.05, 3.63) is 90.0 Å². The van der Waals surface area contributed by atoms with Crippen LogP contribution >= 0.6 is 0 Å². The first-order chi connectivity index (χ1) is 16.5. The van der Waals surface area contributed by atoms with E-state index in [1.807, 2.05) is 31.2 Å². The average molecular weight is 456 g/mol. The number of nitrogens with one attached hydrogen (secondary N) is 1. The van der Waals surface area contributed by atoms with Gasteiger partial charge in [0.1, 0.15) is 24.0 Å². The third kappa shape index (κ3) is 3.92. The summed E-state index contributed by atoms with van der Waals surface area (Å²) in [6.45, 7) is 5.95. The Morgan fingerprint density at radius 3 is 2.82 bits per heavy atom. The lowest BCUT2D eigenvalue weighted by Crippen LogP contribution is -2.25. The van der Waals surface area contributed by atoms with Crippen molar-refractivity contribution < 1.29 is 13.9 Å². The molecule has 1 aliphatic heterocycles. The summed E-state index contributed by atoms with van der Waals surface area (Å²) in [6, 6.07) is 13.6. The van der Waals surface area contributed by atoms with Crippen LogP contribution in [0.3, 0.4) is 0 Å². The molecule has 0 radical (unpaired) electrons. The first-order valence-electron chi connectivity index (χ1n) is 10.7. The van der Waals surface area contributed by atoms with Crippen LogP contribution in [0.15, 0.2) is 67.4 Å². The molecule has 0 saturated heterocycles. The third-order valence-corrected chi connectivity index (χ3v) is 5.63. The number of hydrogen-bond acceptors (Lipinski definition) is 6. The van der Waals surface area contributed by atoms with Crippen molar-refractivity contribution in [1.82, 2.24) is 25.0 Å². The predicted octanol–water partition coefficient (Wildman–Crippen LogP) is 4.21. The Balaban J connectivity index is 1.60. The molecule has 1 amide bonds. The van der Waals surface area contributed by atoms with Gasteiger partial charge in [0.15, 0.2) is 0 Å². The molecule has 8 nitrogen and oxygen atoms in total. The van der Waals surface area contributed by atoms with Crippen LogP contribution in [0.25, 0.3) is 17.2 Å². The van der Waals surface area contributed by atoms with Gasteiger partial charge in [-0.05, 0) is 37.3 Å². The maximum Gasteiger partial charge on any atom is 0.272 e. The molecular formula is C25H21FN6O2. The molecule has 0 saturated carbocycles. The number of anilines is 1. The zero-order chi connectivity index (χ0) is 23.7. The molecule has 1 aliphatic rings. The number of fused-ring (bicyclic) bond motifs is 1. The Morgan fingerprint density at radius 2 is 2.03 bits per heavy atom. The summed E-state index contributed by atoms with van der Waals surface area (Å²) in [7, 11) is 0. The Hall–Kier alpha value is -4.40. The summed E-state index contributed by atoms with van der Waals surface area (Å²) in [6.07, 6.45) is 3.42. The van der Waals surface area contributed by atoms with E-state index in [2.05, 4.69) is 32.2 Å². The Kier molecular flexibility index (Phi) is 5.59. The highest BCUT2D eigenvalue weighted by atomic mass is 19.1. The summed E-state index contributed by atoms with van der Waals surface area (Å²) in [5.41, 5.74) is 3.68. The molecule has 5 rings (SSSR count). The number of nitrogens with zero attached hydrogens (tertiary/aromatic N) is 5. The normalized spacial score (nSPS) is 14.9. The van der Waals surface area contributed by atoms with E-state index in [9.17, 15) is 9.18 Å². The van der Waals surface area contributed by atoms with Crippen molar-refractivity contribution in [3.8, 4) is 23.0 Å². The van der Waals surface area contributed by atoms with Crippen molar-refractivity contribution in [2.75, 3.05) is 11.9 Å². The molecule has 0 fully saturated rings. The van der Waals surface area contributed by atoms with Crippen LogP contribution < -0.4 is 10.1 Å². The van der Waals surface area contributed by atoms with Gasteiger partial charge >= 0.3 is 0 Å². The summed E-state index contributed by atoms with van der Waals surface area (Å²) in [5, 5.41) is 15.7. The Bertz CT molecular complexity index is 1380. The number of benzene rings is 2. The van der Waals surface area contributed by atoms with Gasteiger partial charge in [0, 0.05) is 29.0 Å². The fourth-order valence-corrected chi connectivity index (χ4v) is 4.15. The Morgan fingerprint density at radius 1 is 1.24 bits per heavy atom. The zero-order valence-corrected chi connectivity index (χ0v) is 18.4. The lowest BCUT2D eigenvalue weighted by Gasteiger charge is -2.25. The fraction of sp³-hybridized carbons (Fsp3) is 0.160. The van der Waals surface area contributed by atoms with Gasteiger partial charge in [-0.1, -0.05) is 30.9 Å². The lowest BCUT2D eigenvalue weighted by atomic mass is 9.85. The summed E-state index contributed by atoms with van der Waals surface area (Å²) in [5.74, 6) is 0.635. The molecule has 2 aromatic heterocycles. The number of carbonyl (C=O) groups is 1. The van der Waals surface area contributed by atoms with Gasteiger partial charge in [0.05, 0.1) is 17.6 Å². The van der Waals surface area contributed by atoms with Crippen LogP contribution in [0, 0.1) is 12.7 Å². The van der Waals surface area contributed by atoms with E-state index in [1.54, 1.807) is 18.2 Å². The van der Waals surface area contributed by atoms with Crippen molar-refractivity contribution in [2.45, 2.75) is 19.3 Å². The van der Waals surface area contributed by atoms with Gasteiger partial charge in [-0.15, -0.1) is 5.10 Å². The minimum Gasteiger partial charge on any atom is -0.489 e. The van der Waals surface area contributed by atoms with Gasteiger partial charge < -0.3 is 10.1 Å². The van der Waals surface area contributed by atoms with E-state index in [1.165, 1.54) is 23.0 Å². The number of halogens is 1. The number of para-hydroxylation sites is 1. The Labute approximate surface area is 195 Å². The molecule has 0 unspecified atom stereocenters. The van der Waals surface area contributed by atoms with E-state index in [0.29, 0.717) is 29.4 Å². The number of rotatable bonds is 6. The van der Waals surface area contributed by atoms with E-state index >= 15 is 0 Å². The second-order valence-electron chi connectivity index (χ2n) is 7.85. The zero-order valence-electron chi connectivity index (χ0n) is 18.4. The number of aryl methyl sites for hydroxylation is 1. The molecule has 0 spiro atoms. The van der Waals surface area contributed by atoms with Gasteiger partial charge in [0.2, 0.25) is 5.91 Å². The van der Waals surface area contributed by atoms with Crippen LogP contribution in [-0.4, -0.2) is 37.5 Å². The van der Waals surface area contributed by atoms with E-state index in [4.69, 9.17) is 4.74 Å². The highest BCUT2D eigenvalue weighted by molar-refractivity contribution is 5.95. The van der Waals surface area contributed by atoms with Gasteiger partial charge in [-0.25, -0.2) is 9.37 Å². The number of ether oxygens (including phenoxy) is 1. The minimum absolute atomic E-state index is 0.153. The molecule has 2 aromatic carbocycles. The number of hydrogen-bond donors (Lipinski definition) is 1. The van der Waals surface area contributed by atoms with E-state index < -0.39 is 0 Å². The lowest BCUT2D eigenvalue weighted by molar-refractivity contribution is -0.116. The monoisotopic (exact) mass is 456 g/mol. The van der Waals surface area contributed by atoms with Crippen LogP contribution in [0.2, 0.25) is 0 Å². The summed E-state index contributed by atoms with van der Waals surface area (Å²) >= 11 is 0. The third-order valence-electron chi connectivity index (χ3n) is 5.63. The van der Waals surface area contributed by atoms with Gasteiger partial charge in [-0.2, -0.15) is 14.9 Å². The number of aromatic nitrogens is 5. The second-order valence-corrected chi connectivity index (χ2v) is 7.85. The highest BCUT2D eigenvalue weighted by Crippen LogP contribution is 2.42. The van der Waals surface area contributed by atoms with Crippen molar-refractivity contribution >= 4 is 11.7 Å². The van der Waals surface area contributed by atoms with Gasteiger partial charge in [-0.3, -0.25) is 4.79 Å². The first-order valence-corrected chi connectivity index (χ1v) is 10.7. The van der Waals surface area contributed by atoms with Crippen LogP contribution in [0.4, 0.5) is 10.2 Å². The molecule has 9 heteroatoms. The van der Waals surface area contributed by atoms with Crippen LogP contribution in [0.1, 0.15) is 29.2 Å². The molecule has 3 heterocycles. The maximum atomic E-state index is 13.3. The second kappa shape index (κ2) is 8.86. The van der Waals surface area contributed by atoms with Crippen LogP contribution in [0.5, 0.6) is 5.75 Å². The highest BCUT2D eigenvalue weighted by Gasteiger charge is 2.34. The molecule has 34 heavy (non-hydrogen) atoms. The standard InChI is InChI=1S/C25H21FN6O2/c1-3-12-34-21-7-5-4-6-18(21)19-13-22(33)29-24-23(19)15(2)31-32(24)25-28-20(14-27-30-25)16-8-10-17(26)11-9-16/h3-11,14,19H,1,12-13H2,2H3,(H,29,33)/t19-/m0/s1. The number of carbonyl (C=O) groups excluding carboxylic acids is 1. The van der Waals surface area contributed by atoms with Crippen molar-refractivity contribution in [1.29, 1.82) is 0 Å². The first kappa shape index (κ1) is 21.4. The topological polar surface area (TPSA) is 94.8 Å². The average Bonchev–Trinajstić information content (AvgIpc) is 3.19. The minimum atomic E-state index is -0.339. The smallest absolute Gasteiger partial charge is 0.272 e. The number of amides is 1. The van der Waals surface area contributed by atoms with Crippen molar-refractivity contribution in [3.63, 3.8) is 0 Å². The van der Waals surface area contributed by atoms with Crippen LogP contribution in [-0.2, 0) is 4.79 Å².